The molecule has 2 aromatic heterocycles. The third kappa shape index (κ3) is 4.49. The zero-order valence-electron chi connectivity index (χ0n) is 17.9. The van der Waals surface area contributed by atoms with E-state index in [1.165, 1.54) is 23.5 Å². The zero-order valence-corrected chi connectivity index (χ0v) is 18.7. The summed E-state index contributed by atoms with van der Waals surface area (Å²) in [7, 11) is 1.62. The Labute approximate surface area is 193 Å². The van der Waals surface area contributed by atoms with Gasteiger partial charge in [-0.3, -0.25) is 4.79 Å². The highest BCUT2D eigenvalue weighted by molar-refractivity contribution is 7.13. The number of amides is 1. The number of hydrogen-bond donors (Lipinski definition) is 0. The number of carbonyl (C=O) groups is 1. The Hall–Kier alpha value is -3.59. The number of rotatable bonds is 5. The van der Waals surface area contributed by atoms with E-state index < -0.39 is 0 Å². The average Bonchev–Trinajstić information content (AvgIpc) is 3.54. The maximum Gasteiger partial charge on any atom is 0.273 e. The first-order valence-electron chi connectivity index (χ1n) is 10.6. The highest BCUT2D eigenvalue weighted by Gasteiger charge is 2.30. The minimum Gasteiger partial charge on any atom is -0.497 e. The van der Waals surface area contributed by atoms with Crippen molar-refractivity contribution < 1.29 is 18.4 Å². The first-order chi connectivity index (χ1) is 16.1. The van der Waals surface area contributed by atoms with Crippen molar-refractivity contribution in [3.8, 4) is 27.7 Å². The zero-order chi connectivity index (χ0) is 22.8. The van der Waals surface area contributed by atoms with Crippen molar-refractivity contribution in [3.63, 3.8) is 0 Å². The van der Waals surface area contributed by atoms with E-state index in [0.29, 0.717) is 36.1 Å². The van der Waals surface area contributed by atoms with E-state index in [9.17, 15) is 9.18 Å². The van der Waals surface area contributed by atoms with E-state index in [0.717, 1.165) is 29.2 Å². The summed E-state index contributed by atoms with van der Waals surface area (Å²) < 4.78 is 24.2. The number of halogens is 1. The number of benzene rings is 2. The number of nitrogens with zero attached hydrogens (tertiary/aromatic N) is 4. The Balaban J connectivity index is 1.29. The lowest BCUT2D eigenvalue weighted by Crippen LogP contribution is -2.39. The smallest absolute Gasteiger partial charge is 0.273 e. The molecular formula is C24H21FN4O3S. The molecule has 0 spiro atoms. The molecule has 0 radical (unpaired) electrons. The minimum absolute atomic E-state index is 0.0720. The molecule has 0 saturated carbocycles. The van der Waals surface area contributed by atoms with Crippen LogP contribution in [0.2, 0.25) is 0 Å². The van der Waals surface area contributed by atoms with Crippen molar-refractivity contribution in [2.24, 2.45) is 0 Å². The van der Waals surface area contributed by atoms with Crippen LogP contribution < -0.4 is 4.74 Å². The molecule has 168 valence electrons. The first-order valence-corrected chi connectivity index (χ1v) is 11.5. The molecule has 1 fully saturated rings. The molecule has 2 aromatic carbocycles. The van der Waals surface area contributed by atoms with Crippen molar-refractivity contribution in [2.45, 2.75) is 18.8 Å². The topological polar surface area (TPSA) is 81.4 Å². The Morgan fingerprint density at radius 1 is 1.18 bits per heavy atom. The monoisotopic (exact) mass is 464 g/mol. The van der Waals surface area contributed by atoms with Gasteiger partial charge in [-0.25, -0.2) is 9.37 Å². The number of likely N-dealkylation sites (tertiary alicyclic amines) is 1. The van der Waals surface area contributed by atoms with Crippen LogP contribution in [-0.2, 0) is 0 Å². The maximum absolute atomic E-state index is 13.5. The average molecular weight is 465 g/mol. The molecule has 7 nitrogen and oxygen atoms in total. The van der Waals surface area contributed by atoms with E-state index >= 15 is 0 Å². The predicted molar refractivity (Wildman–Crippen MR) is 122 cm³/mol. The van der Waals surface area contributed by atoms with Gasteiger partial charge in [0.2, 0.25) is 11.7 Å². The molecule has 5 rings (SSSR count). The Bertz CT molecular complexity index is 1270. The van der Waals surface area contributed by atoms with Crippen LogP contribution in [0.1, 0.15) is 35.1 Å². The molecule has 1 atom stereocenters. The molecule has 33 heavy (non-hydrogen) atoms. The molecule has 3 heterocycles. The van der Waals surface area contributed by atoms with Crippen LogP contribution in [0, 0.1) is 5.82 Å². The molecule has 1 aliphatic heterocycles. The molecule has 4 aromatic rings. The molecule has 1 aliphatic rings. The first kappa shape index (κ1) is 21.3. The van der Waals surface area contributed by atoms with Gasteiger partial charge in [-0.2, -0.15) is 4.98 Å². The quantitative estimate of drug-likeness (QED) is 0.412. The van der Waals surface area contributed by atoms with Crippen LogP contribution >= 0.6 is 11.3 Å². The van der Waals surface area contributed by atoms with Gasteiger partial charge in [-0.05, 0) is 49.2 Å². The number of piperidine rings is 1. The van der Waals surface area contributed by atoms with E-state index in [1.807, 2.05) is 24.3 Å². The summed E-state index contributed by atoms with van der Waals surface area (Å²) in [6.07, 6.45) is 1.66. The molecule has 0 aliphatic carbocycles. The lowest BCUT2D eigenvalue weighted by atomic mass is 9.97. The number of ether oxygens (including phenoxy) is 1. The molecule has 1 saturated heterocycles. The van der Waals surface area contributed by atoms with Crippen molar-refractivity contribution in [2.75, 3.05) is 20.2 Å². The van der Waals surface area contributed by atoms with Crippen LogP contribution in [0.5, 0.6) is 5.75 Å². The van der Waals surface area contributed by atoms with Gasteiger partial charge >= 0.3 is 0 Å². The van der Waals surface area contributed by atoms with E-state index in [-0.39, 0.29) is 17.6 Å². The van der Waals surface area contributed by atoms with Gasteiger partial charge in [0, 0.05) is 29.6 Å². The molecule has 1 amide bonds. The van der Waals surface area contributed by atoms with Gasteiger partial charge in [0.25, 0.3) is 5.91 Å². The normalized spacial score (nSPS) is 16.1. The highest BCUT2D eigenvalue weighted by atomic mass is 32.1. The third-order valence-electron chi connectivity index (χ3n) is 5.64. The Morgan fingerprint density at radius 3 is 2.82 bits per heavy atom. The summed E-state index contributed by atoms with van der Waals surface area (Å²) in [6, 6.07) is 13.7. The summed E-state index contributed by atoms with van der Waals surface area (Å²) >= 11 is 1.44. The number of hydrogen-bond acceptors (Lipinski definition) is 7. The van der Waals surface area contributed by atoms with Crippen LogP contribution in [0.3, 0.4) is 0 Å². The maximum atomic E-state index is 13.5. The number of carbonyl (C=O) groups excluding carboxylic acids is 1. The summed E-state index contributed by atoms with van der Waals surface area (Å²) in [5.41, 5.74) is 1.92. The predicted octanol–water partition coefficient (Wildman–Crippen LogP) is 5.03. The second-order valence-corrected chi connectivity index (χ2v) is 8.68. The number of aromatic nitrogens is 3. The van der Waals surface area contributed by atoms with Gasteiger partial charge in [0.1, 0.15) is 22.3 Å². The molecule has 9 heteroatoms. The van der Waals surface area contributed by atoms with Crippen LogP contribution in [0.25, 0.3) is 22.0 Å². The van der Waals surface area contributed by atoms with Gasteiger partial charge < -0.3 is 14.2 Å². The second-order valence-electron chi connectivity index (χ2n) is 7.82. The minimum atomic E-state index is -0.356. The van der Waals surface area contributed by atoms with Crippen molar-refractivity contribution in [1.29, 1.82) is 0 Å². The van der Waals surface area contributed by atoms with Crippen LogP contribution in [0.4, 0.5) is 4.39 Å². The van der Waals surface area contributed by atoms with Gasteiger partial charge in [0.15, 0.2) is 0 Å². The number of thiazole rings is 1. The summed E-state index contributed by atoms with van der Waals surface area (Å²) in [6.45, 7) is 1.12. The summed E-state index contributed by atoms with van der Waals surface area (Å²) in [5, 5.41) is 6.58. The Kier molecular flexibility index (Phi) is 5.87. The van der Waals surface area contributed by atoms with Crippen molar-refractivity contribution >= 4 is 17.2 Å². The van der Waals surface area contributed by atoms with Crippen LogP contribution in [0.15, 0.2) is 58.4 Å². The van der Waals surface area contributed by atoms with Crippen molar-refractivity contribution in [1.82, 2.24) is 20.0 Å². The lowest BCUT2D eigenvalue weighted by Gasteiger charge is -2.30. The third-order valence-corrected chi connectivity index (χ3v) is 6.53. The second kappa shape index (κ2) is 9.11. The molecular weight excluding hydrogens is 443 g/mol. The molecule has 1 unspecified atom stereocenters. The van der Waals surface area contributed by atoms with E-state index in [4.69, 9.17) is 9.26 Å². The van der Waals surface area contributed by atoms with Crippen molar-refractivity contribution in [3.05, 3.63) is 71.3 Å². The van der Waals surface area contributed by atoms with Gasteiger partial charge in [0.05, 0.1) is 13.0 Å². The van der Waals surface area contributed by atoms with E-state index in [1.54, 1.807) is 29.5 Å². The fraction of sp³-hybridized carbons (Fsp3) is 0.250. The standard InChI is InChI=1S/C24H21FN4O3S/c1-31-19-9-7-15(8-10-19)23-26-20(14-33-23)24(30)29-11-3-5-17(13-29)22-27-21(28-32-22)16-4-2-6-18(25)12-16/h2,4,6-10,12,14,17H,3,5,11,13H2,1H3. The molecule has 0 bridgehead atoms. The highest BCUT2D eigenvalue weighted by Crippen LogP contribution is 2.30. The summed E-state index contributed by atoms with van der Waals surface area (Å²) in [4.78, 5) is 23.9. The lowest BCUT2D eigenvalue weighted by molar-refractivity contribution is 0.0690. The largest absolute Gasteiger partial charge is 0.497 e. The molecule has 0 N–H and O–H groups in total. The summed E-state index contributed by atoms with van der Waals surface area (Å²) in [5.74, 6) is 1.04. The Morgan fingerprint density at radius 2 is 2.03 bits per heavy atom. The number of methoxy groups -OCH3 is 1. The van der Waals surface area contributed by atoms with Gasteiger partial charge in [-0.1, -0.05) is 17.3 Å². The fourth-order valence-electron chi connectivity index (χ4n) is 3.91. The fourth-order valence-corrected chi connectivity index (χ4v) is 4.71. The van der Waals surface area contributed by atoms with Crippen LogP contribution in [-0.4, -0.2) is 46.1 Å². The van der Waals surface area contributed by atoms with Gasteiger partial charge in [-0.15, -0.1) is 11.3 Å². The van der Waals surface area contributed by atoms with E-state index in [2.05, 4.69) is 15.1 Å². The SMILES string of the molecule is COc1ccc(-c2nc(C(=O)N3CCCC(c4nc(-c5cccc(F)c5)no4)C3)cs2)cc1.